The Labute approximate surface area is 812 Å². The molecule has 28 nitrogen and oxygen atoms in total. The summed E-state index contributed by atoms with van der Waals surface area (Å²) in [7, 11) is 2.13. The van der Waals surface area contributed by atoms with E-state index in [-0.39, 0.29) is 66.2 Å². The van der Waals surface area contributed by atoms with E-state index in [1.54, 1.807) is 91.5 Å². The zero-order chi connectivity index (χ0) is 96.4. The fourth-order valence-corrected chi connectivity index (χ4v) is 17.8. The van der Waals surface area contributed by atoms with Crippen LogP contribution < -0.4 is 74.4 Å². The van der Waals surface area contributed by atoms with Gasteiger partial charge in [-0.05, 0) is 237 Å². The monoisotopic (exact) mass is 1880 g/mol. The number of anilines is 10. The smallest absolute Gasteiger partial charge is 0.297 e. The van der Waals surface area contributed by atoms with E-state index in [0.29, 0.717) is 63.4 Å². The molecule has 14 N–H and O–H groups in total. The van der Waals surface area contributed by atoms with E-state index >= 15 is 0 Å². The van der Waals surface area contributed by atoms with E-state index < -0.39 is 0 Å². The van der Waals surface area contributed by atoms with E-state index in [1.165, 1.54) is 23.3 Å². The molecule has 0 aliphatic carbocycles. The van der Waals surface area contributed by atoms with Gasteiger partial charge >= 0.3 is 0 Å². The second-order valence-electron chi connectivity index (χ2n) is 34.5. The number of halogens is 1. The number of Topliss-reactive ketones (excluding diaryl/α,β-unsaturated/α-hetero) is 5. The lowest BCUT2D eigenvalue weighted by atomic mass is 9.98. The van der Waals surface area contributed by atoms with Crippen molar-refractivity contribution >= 4 is 96.9 Å². The van der Waals surface area contributed by atoms with Crippen LogP contribution in [0, 0.1) is 5.82 Å². The van der Waals surface area contributed by atoms with Gasteiger partial charge in [0.15, 0.2) is 28.9 Å². The average molecular weight is 1880 g/mol. The van der Waals surface area contributed by atoms with E-state index in [2.05, 4.69) is 101 Å². The Morgan fingerprint density at radius 2 is 0.763 bits per heavy atom. The third kappa shape index (κ3) is 26.2. The summed E-state index contributed by atoms with van der Waals surface area (Å²) in [5.41, 5.74) is 51.3. The number of nitrogens with zero attached hydrogens (tertiary/aromatic N) is 12. The maximum absolute atomic E-state index is 13.2. The summed E-state index contributed by atoms with van der Waals surface area (Å²) < 4.78 is 24.0. The van der Waals surface area contributed by atoms with Gasteiger partial charge in [-0.15, -0.1) is 11.3 Å². The quantitative estimate of drug-likeness (QED) is 0.0189. The van der Waals surface area contributed by atoms with Crippen molar-refractivity contribution in [3.05, 3.63) is 348 Å². The number of aromatic nitrogens is 6. The molecule has 0 atom stereocenters. The van der Waals surface area contributed by atoms with Gasteiger partial charge in [0, 0.05) is 234 Å². The van der Waals surface area contributed by atoms with Gasteiger partial charge in [0.1, 0.15) is 23.0 Å². The minimum atomic E-state index is -0.291. The molecular formula is C109H114FN21O7S. The van der Waals surface area contributed by atoms with Crippen LogP contribution in [0.25, 0.3) is 55.6 Å². The SMILES string of the molecule is CN1CCN(c2ccc(C(=O)Cc3cc(-c4ccncc4)ccc3N)cn2)CC1.Nc1ccc(-c2ccc(F)cc2)cc1CC(=O)c1cnc(N2CCNCC2)o1.Nc1ccc(-c2ccccc2)cc1CC(=O)c1ccc(N2CCNCC2)s1.Nc1ccc(-c2ccncc2)cc1CC(=O)c1ccc(N2CCNCC2)cn1.Nc1ccc(-c2ccoc2)cc1CC(=O)c1ccc(N2CCNCC2)cn1. The molecular weight excluding hydrogens is 1770 g/mol. The number of thiophene rings is 1. The second-order valence-corrected chi connectivity index (χ2v) is 35.6. The zero-order valence-electron chi connectivity index (χ0n) is 77.7. The molecule has 5 saturated heterocycles. The molecule has 0 amide bonds. The van der Waals surface area contributed by atoms with Gasteiger partial charge in [-0.25, -0.2) is 14.4 Å². The van der Waals surface area contributed by atoms with Gasteiger partial charge < -0.3 is 88.2 Å². The Kier molecular flexibility index (Phi) is 32.9. The standard InChI is InChI=1S/C23H25N5O.C22H23N5O.C22H23N3OS.C21H21FN4O2.C21H22N4O2/c1-27-10-12-28(13-11-27)23-5-3-19(16-26-23)22(29)15-20-14-18(2-4-21(20)24)17-6-8-25-9-7-17;23-20-3-1-17(16-5-7-24-8-6-16)13-18(20)14-22(28)21-4-2-19(15-26-21)27-11-9-25-10-12-27;23-19-7-6-17(16-4-2-1-3-5-16)14-18(19)15-20(26)21-8-9-22(27-21)25-12-10-24-11-13-25;22-17-4-1-14(2-5-17)15-3-6-18(23)16(11-15)12-19(27)20-13-25-21(28-20)26-9-7-24-8-10-26;22-19-3-1-15(16-5-10-27-14-16)11-17(19)12-21(26)20-4-2-18(13-24-20)25-8-6-23-7-9-25/h2-9,14,16H,10-13,15,24H2,1H3;1-8,13,15,25H,9-12,14,23H2;1-9,14,24H,10-13,15,23H2;1-6,11,13,24H,7-10,12,23H2;1-5,10-11,13-14,23H,6-9,12,22H2. The number of carbonyl (C=O) groups excluding carboxylic acids is 5. The minimum Gasteiger partial charge on any atom is -0.472 e. The Morgan fingerprint density at radius 1 is 0.353 bits per heavy atom. The van der Waals surface area contributed by atoms with E-state index in [9.17, 15) is 28.4 Å². The fraction of sp³-hybridized carbons (Fsp3) is 0.239. The molecule has 20 rings (SSSR count). The third-order valence-electron chi connectivity index (χ3n) is 25.0. The summed E-state index contributed by atoms with van der Waals surface area (Å²) in [6, 6.07) is 70.5. The first-order valence-electron chi connectivity index (χ1n) is 46.7. The van der Waals surface area contributed by atoms with Crippen molar-refractivity contribution in [1.82, 2.24) is 56.1 Å². The third-order valence-corrected chi connectivity index (χ3v) is 26.2. The summed E-state index contributed by atoms with van der Waals surface area (Å²) in [4.78, 5) is 104. The molecule has 8 aromatic heterocycles. The van der Waals surface area contributed by atoms with Crippen LogP contribution in [0.2, 0.25) is 0 Å². The van der Waals surface area contributed by atoms with Gasteiger partial charge in [0.2, 0.25) is 5.78 Å². The Hall–Kier alpha value is -15.4. The fourth-order valence-electron chi connectivity index (χ4n) is 16.8. The van der Waals surface area contributed by atoms with Gasteiger partial charge in [-0.2, -0.15) is 0 Å². The molecule has 0 spiro atoms. The molecule has 0 saturated carbocycles. The number of rotatable bonds is 25. The van der Waals surface area contributed by atoms with Crippen molar-refractivity contribution in [3.8, 4) is 55.6 Å². The molecule has 15 aromatic rings. The molecule has 7 aromatic carbocycles. The Morgan fingerprint density at radius 3 is 1.19 bits per heavy atom. The van der Waals surface area contributed by atoms with Crippen molar-refractivity contribution in [1.29, 1.82) is 0 Å². The number of nitrogens with two attached hydrogens (primary N) is 5. The number of furan rings is 1. The number of nitrogen functional groups attached to an aromatic ring is 5. The maximum atomic E-state index is 13.2. The van der Waals surface area contributed by atoms with Gasteiger partial charge in [-0.3, -0.25) is 43.9 Å². The highest BCUT2D eigenvalue weighted by atomic mass is 32.1. The molecule has 0 bridgehead atoms. The minimum absolute atomic E-state index is 0.0148. The molecule has 0 radical (unpaired) electrons. The number of piperazine rings is 5. The van der Waals surface area contributed by atoms with Crippen LogP contribution in [0.15, 0.2) is 295 Å². The molecule has 13 heterocycles. The first kappa shape index (κ1) is 96.7. The van der Waals surface area contributed by atoms with Crippen LogP contribution in [-0.4, -0.2) is 202 Å². The summed E-state index contributed by atoms with van der Waals surface area (Å²) in [5.74, 6) is 0.730. The molecule has 710 valence electrons. The highest BCUT2D eigenvalue weighted by molar-refractivity contribution is 7.18. The highest BCUT2D eigenvalue weighted by Gasteiger charge is 2.25. The van der Waals surface area contributed by atoms with Gasteiger partial charge in [-0.1, -0.05) is 72.8 Å². The largest absolute Gasteiger partial charge is 0.472 e. The van der Waals surface area contributed by atoms with Crippen molar-refractivity contribution in [2.75, 3.05) is 191 Å². The molecule has 5 fully saturated rings. The summed E-state index contributed by atoms with van der Waals surface area (Å²) in [6.45, 7) is 18.9. The molecule has 5 aliphatic heterocycles. The van der Waals surface area contributed by atoms with Gasteiger partial charge in [0.05, 0.1) is 52.4 Å². The number of nitrogens with one attached hydrogen (secondary N) is 4. The first-order chi connectivity index (χ1) is 67.8. The summed E-state index contributed by atoms with van der Waals surface area (Å²) in [5, 5.41) is 14.4. The lowest BCUT2D eigenvalue weighted by Gasteiger charge is -2.33. The predicted molar refractivity (Wildman–Crippen MR) is 553 cm³/mol. The first-order valence-corrected chi connectivity index (χ1v) is 47.6. The number of ketones is 5. The van der Waals surface area contributed by atoms with E-state index in [4.69, 9.17) is 37.5 Å². The molecule has 5 aliphatic rings. The lowest BCUT2D eigenvalue weighted by Crippen LogP contribution is -2.44. The van der Waals surface area contributed by atoms with E-state index in [1.807, 2.05) is 175 Å². The normalized spacial score (nSPS) is 14.3. The van der Waals surface area contributed by atoms with Crippen LogP contribution >= 0.6 is 11.3 Å². The number of benzene rings is 7. The second kappa shape index (κ2) is 47.4. The number of hydrogen-bond donors (Lipinski definition) is 9. The summed E-state index contributed by atoms with van der Waals surface area (Å²) >= 11 is 1.58. The Balaban J connectivity index is 0.000000125. The molecule has 139 heavy (non-hydrogen) atoms. The zero-order valence-corrected chi connectivity index (χ0v) is 78.5. The van der Waals surface area contributed by atoms with Crippen LogP contribution in [-0.2, 0) is 32.1 Å². The van der Waals surface area contributed by atoms with Crippen LogP contribution in [0.4, 0.5) is 61.0 Å². The number of carbonyl (C=O) groups is 5. The number of oxazole rings is 1. The number of hydrogen-bond acceptors (Lipinski definition) is 29. The van der Waals surface area contributed by atoms with Crippen molar-refractivity contribution in [2.24, 2.45) is 0 Å². The topological polar surface area (TPSA) is 387 Å². The number of likely N-dealkylation sites (N-methyl/N-ethyl adjacent to an activating group) is 1. The average Bonchev–Trinajstić information content (AvgIpc) is 0.996. The van der Waals surface area contributed by atoms with Gasteiger partial charge in [0.25, 0.3) is 6.01 Å². The summed E-state index contributed by atoms with van der Waals surface area (Å²) in [6.07, 6.45) is 18.2. The number of pyridine rings is 5. The molecule has 0 unspecified atom stereocenters. The highest BCUT2D eigenvalue weighted by Crippen LogP contribution is 2.34. The maximum Gasteiger partial charge on any atom is 0.297 e. The van der Waals surface area contributed by atoms with Crippen molar-refractivity contribution in [3.63, 3.8) is 0 Å². The molecule has 30 heteroatoms. The Bertz CT molecular complexity index is 6610. The van der Waals surface area contributed by atoms with Crippen LogP contribution in [0.1, 0.15) is 79.4 Å². The predicted octanol–water partition coefficient (Wildman–Crippen LogP) is 15.0. The van der Waals surface area contributed by atoms with Crippen molar-refractivity contribution in [2.45, 2.75) is 32.1 Å². The van der Waals surface area contributed by atoms with E-state index in [0.717, 1.165) is 231 Å². The van der Waals surface area contributed by atoms with Crippen LogP contribution in [0.3, 0.4) is 0 Å². The lowest BCUT2D eigenvalue weighted by molar-refractivity contribution is 0.0962. The van der Waals surface area contributed by atoms with Crippen LogP contribution in [0.5, 0.6) is 0 Å². The van der Waals surface area contributed by atoms with Crippen molar-refractivity contribution < 1.29 is 37.2 Å².